The Hall–Kier alpha value is -1.69. The second-order valence-corrected chi connectivity index (χ2v) is 4.85. The Bertz CT molecular complexity index is 454. The Morgan fingerprint density at radius 3 is 2.79 bits per heavy atom. The molecular weight excluding hydrogens is 258 g/mol. The number of aryl methyl sites for hydroxylation is 1. The van der Waals surface area contributed by atoms with Crippen molar-refractivity contribution < 1.29 is 0 Å². The highest BCUT2D eigenvalue weighted by Crippen LogP contribution is 2.13. The lowest BCUT2D eigenvalue weighted by atomic mass is 10.3. The van der Waals surface area contributed by atoms with Crippen LogP contribution in [0.3, 0.4) is 0 Å². The number of anilines is 1. The lowest BCUT2D eigenvalue weighted by Crippen LogP contribution is -2.52. The van der Waals surface area contributed by atoms with Crippen LogP contribution in [-0.4, -0.2) is 52.7 Å². The van der Waals surface area contributed by atoms with Gasteiger partial charge in [0.25, 0.3) is 0 Å². The highest BCUT2D eigenvalue weighted by molar-refractivity contribution is 7.80. The van der Waals surface area contributed by atoms with Gasteiger partial charge in [0.05, 0.1) is 0 Å². The molecule has 1 fully saturated rings. The summed E-state index contributed by atoms with van der Waals surface area (Å²) in [7, 11) is 0. The number of thiocarbonyl (C=S) groups is 1. The van der Waals surface area contributed by atoms with Crippen LogP contribution in [0.1, 0.15) is 5.69 Å². The zero-order chi connectivity index (χ0) is 13.7. The minimum Gasteiger partial charge on any atom is -0.359 e. The first-order valence-electron chi connectivity index (χ1n) is 6.38. The third-order valence-corrected chi connectivity index (χ3v) is 3.48. The zero-order valence-corrected chi connectivity index (χ0v) is 12.0. The number of nitrogens with one attached hydrogen (secondary N) is 1. The summed E-state index contributed by atoms with van der Waals surface area (Å²) >= 11 is 5.34. The van der Waals surface area contributed by atoms with Gasteiger partial charge in [-0.2, -0.15) is 0 Å². The molecule has 0 amide bonds. The van der Waals surface area contributed by atoms with Gasteiger partial charge in [-0.05, 0) is 19.1 Å². The molecule has 1 N–H and O–H groups in total. The van der Waals surface area contributed by atoms with Gasteiger partial charge in [0.1, 0.15) is 12.1 Å². The molecular formula is C13H19N5S. The van der Waals surface area contributed by atoms with Crippen LogP contribution in [-0.2, 0) is 0 Å². The molecule has 1 aromatic rings. The summed E-state index contributed by atoms with van der Waals surface area (Å²) in [6, 6.07) is 2.02. The molecule has 0 bridgehead atoms. The van der Waals surface area contributed by atoms with Crippen LogP contribution in [0.2, 0.25) is 0 Å². The van der Waals surface area contributed by atoms with E-state index in [1.807, 2.05) is 19.1 Å². The molecule has 0 saturated carbocycles. The van der Waals surface area contributed by atoms with Gasteiger partial charge < -0.3 is 15.1 Å². The number of rotatable bonds is 3. The maximum Gasteiger partial charge on any atom is 0.169 e. The molecule has 1 aliphatic heterocycles. The molecule has 0 aromatic carbocycles. The van der Waals surface area contributed by atoms with Gasteiger partial charge in [0.15, 0.2) is 5.11 Å². The fraction of sp³-hybridized carbons (Fsp3) is 0.462. The normalized spacial score (nSPS) is 15.2. The lowest BCUT2D eigenvalue weighted by Gasteiger charge is -2.36. The van der Waals surface area contributed by atoms with Gasteiger partial charge in [0.2, 0.25) is 0 Å². The second kappa shape index (κ2) is 6.47. The summed E-state index contributed by atoms with van der Waals surface area (Å²) in [5.74, 6) is 0.997. The van der Waals surface area contributed by atoms with Gasteiger partial charge in [-0.3, -0.25) is 0 Å². The molecule has 0 unspecified atom stereocenters. The van der Waals surface area contributed by atoms with E-state index in [9.17, 15) is 0 Å². The third-order valence-electron chi connectivity index (χ3n) is 3.08. The molecule has 0 radical (unpaired) electrons. The molecule has 19 heavy (non-hydrogen) atoms. The summed E-state index contributed by atoms with van der Waals surface area (Å²) in [5, 5.41) is 3.97. The molecule has 102 valence electrons. The number of piperazine rings is 1. The first-order chi connectivity index (χ1) is 9.20. The highest BCUT2D eigenvalue weighted by Gasteiger charge is 2.19. The first-order valence-corrected chi connectivity index (χ1v) is 6.79. The van der Waals surface area contributed by atoms with E-state index in [1.165, 1.54) is 0 Å². The minimum atomic E-state index is 0.712. The first kappa shape index (κ1) is 13.7. The van der Waals surface area contributed by atoms with Crippen LogP contribution in [0.15, 0.2) is 25.0 Å². The van der Waals surface area contributed by atoms with Gasteiger partial charge in [0, 0.05) is 44.5 Å². The number of hydrogen-bond acceptors (Lipinski definition) is 4. The van der Waals surface area contributed by atoms with Crippen LogP contribution in [0.5, 0.6) is 0 Å². The Balaban J connectivity index is 1.88. The summed E-state index contributed by atoms with van der Waals surface area (Å²) in [6.07, 6.45) is 3.43. The average molecular weight is 277 g/mol. The Morgan fingerprint density at radius 2 is 2.16 bits per heavy atom. The van der Waals surface area contributed by atoms with Crippen molar-refractivity contribution in [3.63, 3.8) is 0 Å². The van der Waals surface area contributed by atoms with Crippen molar-refractivity contribution in [1.29, 1.82) is 0 Å². The van der Waals surface area contributed by atoms with Crippen LogP contribution in [0.25, 0.3) is 0 Å². The topological polar surface area (TPSA) is 44.3 Å². The maximum absolute atomic E-state index is 5.34. The van der Waals surface area contributed by atoms with E-state index in [4.69, 9.17) is 12.2 Å². The quantitative estimate of drug-likeness (QED) is 0.656. The van der Waals surface area contributed by atoms with Crippen molar-refractivity contribution in [2.75, 3.05) is 37.6 Å². The van der Waals surface area contributed by atoms with Crippen molar-refractivity contribution in [2.24, 2.45) is 0 Å². The Labute approximate surface area is 119 Å². The molecule has 6 heteroatoms. The van der Waals surface area contributed by atoms with Crippen LogP contribution in [0.4, 0.5) is 5.82 Å². The number of hydrogen-bond donors (Lipinski definition) is 1. The monoisotopic (exact) mass is 277 g/mol. The standard InChI is InChI=1S/C13H19N5S/c1-3-4-14-13(19)18-7-5-17(6-8-18)12-9-11(2)15-10-16-12/h3,9-10H,1,4-8H2,2H3,(H,14,19). The number of aromatic nitrogens is 2. The minimum absolute atomic E-state index is 0.712. The van der Waals surface area contributed by atoms with Gasteiger partial charge in [-0.15, -0.1) is 6.58 Å². The maximum atomic E-state index is 5.34. The highest BCUT2D eigenvalue weighted by atomic mass is 32.1. The predicted molar refractivity (Wildman–Crippen MR) is 81.4 cm³/mol. The molecule has 0 aliphatic carbocycles. The largest absolute Gasteiger partial charge is 0.359 e. The molecule has 0 spiro atoms. The van der Waals surface area contributed by atoms with E-state index in [0.717, 1.165) is 42.8 Å². The summed E-state index contributed by atoms with van der Waals surface area (Å²) in [6.45, 7) is 10.0. The van der Waals surface area contributed by atoms with E-state index in [0.29, 0.717) is 6.54 Å². The molecule has 2 heterocycles. The molecule has 0 atom stereocenters. The molecule has 2 rings (SSSR count). The van der Waals surface area contributed by atoms with Crippen molar-refractivity contribution in [1.82, 2.24) is 20.2 Å². The second-order valence-electron chi connectivity index (χ2n) is 4.47. The van der Waals surface area contributed by atoms with Crippen molar-refractivity contribution in [3.05, 3.63) is 30.7 Å². The summed E-state index contributed by atoms with van der Waals surface area (Å²) in [4.78, 5) is 12.9. The summed E-state index contributed by atoms with van der Waals surface area (Å²) < 4.78 is 0. The van der Waals surface area contributed by atoms with Crippen LogP contribution >= 0.6 is 12.2 Å². The summed E-state index contributed by atoms with van der Waals surface area (Å²) in [5.41, 5.74) is 0.996. The Morgan fingerprint density at radius 1 is 1.42 bits per heavy atom. The van der Waals surface area contributed by atoms with E-state index in [1.54, 1.807) is 6.33 Å². The van der Waals surface area contributed by atoms with E-state index in [2.05, 4.69) is 31.7 Å². The lowest BCUT2D eigenvalue weighted by molar-refractivity contribution is 0.380. The third kappa shape index (κ3) is 3.64. The SMILES string of the molecule is C=CCNC(=S)N1CCN(c2cc(C)ncn2)CC1. The van der Waals surface area contributed by atoms with E-state index in [-0.39, 0.29) is 0 Å². The molecule has 1 aromatic heterocycles. The molecule has 1 aliphatic rings. The van der Waals surface area contributed by atoms with Gasteiger partial charge in [-0.25, -0.2) is 9.97 Å². The smallest absolute Gasteiger partial charge is 0.169 e. The Kier molecular flexibility index (Phi) is 4.68. The van der Waals surface area contributed by atoms with Crippen molar-refractivity contribution >= 4 is 23.1 Å². The van der Waals surface area contributed by atoms with E-state index < -0.39 is 0 Å². The average Bonchev–Trinajstić information content (AvgIpc) is 2.45. The number of nitrogens with zero attached hydrogens (tertiary/aromatic N) is 4. The zero-order valence-electron chi connectivity index (χ0n) is 11.2. The van der Waals surface area contributed by atoms with Crippen LogP contribution in [0, 0.1) is 6.92 Å². The fourth-order valence-electron chi connectivity index (χ4n) is 2.02. The van der Waals surface area contributed by atoms with Gasteiger partial charge in [-0.1, -0.05) is 6.08 Å². The molecule has 1 saturated heterocycles. The fourth-order valence-corrected chi connectivity index (χ4v) is 2.29. The van der Waals surface area contributed by atoms with E-state index >= 15 is 0 Å². The van der Waals surface area contributed by atoms with Crippen molar-refractivity contribution in [2.45, 2.75) is 6.92 Å². The predicted octanol–water partition coefficient (Wildman–Crippen LogP) is 0.968. The van der Waals surface area contributed by atoms with Gasteiger partial charge >= 0.3 is 0 Å². The van der Waals surface area contributed by atoms with Crippen LogP contribution < -0.4 is 10.2 Å². The van der Waals surface area contributed by atoms with Crippen molar-refractivity contribution in [3.8, 4) is 0 Å². The molecule has 5 nitrogen and oxygen atoms in total.